The lowest BCUT2D eigenvalue weighted by atomic mass is 10.1. The van der Waals surface area contributed by atoms with Gasteiger partial charge in [0.1, 0.15) is 6.04 Å². The van der Waals surface area contributed by atoms with E-state index in [0.717, 1.165) is 15.9 Å². The lowest BCUT2D eigenvalue weighted by molar-refractivity contribution is -0.137. The molecule has 9 heteroatoms. The number of nitrogens with one attached hydrogen (secondary N) is 2. The van der Waals surface area contributed by atoms with Crippen molar-refractivity contribution in [3.05, 3.63) is 56.2 Å². The predicted molar refractivity (Wildman–Crippen MR) is 92.2 cm³/mol. The van der Waals surface area contributed by atoms with Crippen LogP contribution in [0.1, 0.15) is 27.7 Å². The van der Waals surface area contributed by atoms with E-state index in [0.29, 0.717) is 10.4 Å². The summed E-state index contributed by atoms with van der Waals surface area (Å²) in [6, 6.07) is 7.11. The quantitative estimate of drug-likeness (QED) is 0.747. The molecule has 2 N–H and O–H groups in total. The molecule has 1 atom stereocenters. The van der Waals surface area contributed by atoms with Crippen LogP contribution in [0.2, 0.25) is 0 Å². The Morgan fingerprint density at radius 3 is 2.32 bits per heavy atom. The molecule has 0 bridgehead atoms. The van der Waals surface area contributed by atoms with Crippen LogP contribution < -0.4 is 10.6 Å². The summed E-state index contributed by atoms with van der Waals surface area (Å²) in [4.78, 5) is 24.4. The minimum Gasteiger partial charge on any atom is -0.350 e. The van der Waals surface area contributed by atoms with Gasteiger partial charge in [-0.3, -0.25) is 9.59 Å². The summed E-state index contributed by atoms with van der Waals surface area (Å²) in [7, 11) is 0. The van der Waals surface area contributed by atoms with Gasteiger partial charge in [0.25, 0.3) is 5.91 Å². The van der Waals surface area contributed by atoms with Gasteiger partial charge in [-0.25, -0.2) is 0 Å². The van der Waals surface area contributed by atoms with Crippen molar-refractivity contribution in [2.45, 2.75) is 25.7 Å². The topological polar surface area (TPSA) is 58.2 Å². The molecule has 4 nitrogen and oxygen atoms in total. The Kier molecular flexibility index (Phi) is 6.23. The largest absolute Gasteiger partial charge is 0.416 e. The van der Waals surface area contributed by atoms with Crippen molar-refractivity contribution >= 4 is 39.1 Å². The van der Waals surface area contributed by atoms with Crippen molar-refractivity contribution in [1.82, 2.24) is 10.6 Å². The molecular formula is C16H14BrF3N2O2S. The van der Waals surface area contributed by atoms with Gasteiger partial charge < -0.3 is 10.6 Å². The number of amides is 2. The van der Waals surface area contributed by atoms with E-state index in [1.165, 1.54) is 30.4 Å². The van der Waals surface area contributed by atoms with Gasteiger partial charge in [-0.1, -0.05) is 12.1 Å². The minimum absolute atomic E-state index is 0.0712. The first-order valence-electron chi connectivity index (χ1n) is 7.17. The molecule has 1 aromatic carbocycles. The number of hydrogen-bond donors (Lipinski definition) is 2. The second-order valence-electron chi connectivity index (χ2n) is 5.21. The van der Waals surface area contributed by atoms with E-state index in [4.69, 9.17) is 0 Å². The predicted octanol–water partition coefficient (Wildman–Crippen LogP) is 3.96. The van der Waals surface area contributed by atoms with E-state index in [2.05, 4.69) is 26.6 Å². The monoisotopic (exact) mass is 434 g/mol. The minimum atomic E-state index is -4.39. The zero-order valence-corrected chi connectivity index (χ0v) is 15.4. The highest BCUT2D eigenvalue weighted by Crippen LogP contribution is 2.29. The van der Waals surface area contributed by atoms with Crippen LogP contribution in [0.4, 0.5) is 13.2 Å². The van der Waals surface area contributed by atoms with Crippen molar-refractivity contribution in [1.29, 1.82) is 0 Å². The van der Waals surface area contributed by atoms with Crippen molar-refractivity contribution < 1.29 is 22.8 Å². The average Bonchev–Trinajstić information content (AvgIpc) is 2.98. The maximum Gasteiger partial charge on any atom is 0.416 e. The first kappa shape index (κ1) is 19.5. The van der Waals surface area contributed by atoms with Crippen LogP contribution in [0, 0.1) is 0 Å². The van der Waals surface area contributed by atoms with E-state index < -0.39 is 23.7 Å². The van der Waals surface area contributed by atoms with Gasteiger partial charge in [0.05, 0.1) is 14.2 Å². The number of benzene rings is 1. The van der Waals surface area contributed by atoms with Crippen LogP contribution >= 0.6 is 27.3 Å². The maximum absolute atomic E-state index is 12.5. The van der Waals surface area contributed by atoms with Crippen LogP contribution in [0.3, 0.4) is 0 Å². The second-order valence-corrected chi connectivity index (χ2v) is 7.67. The molecule has 0 radical (unpaired) electrons. The summed E-state index contributed by atoms with van der Waals surface area (Å²) in [6.45, 7) is 1.60. The van der Waals surface area contributed by atoms with Gasteiger partial charge in [-0.15, -0.1) is 11.3 Å². The molecule has 0 aliphatic heterocycles. The lowest BCUT2D eigenvalue weighted by Gasteiger charge is -2.14. The summed E-state index contributed by atoms with van der Waals surface area (Å²) in [5.41, 5.74) is -0.215. The molecule has 0 aliphatic rings. The molecule has 2 amide bonds. The highest BCUT2D eigenvalue weighted by molar-refractivity contribution is 9.11. The van der Waals surface area contributed by atoms with E-state index in [1.54, 1.807) is 12.1 Å². The fourth-order valence-electron chi connectivity index (χ4n) is 1.92. The molecule has 2 aromatic rings. The van der Waals surface area contributed by atoms with Gasteiger partial charge in [0.2, 0.25) is 5.91 Å². The van der Waals surface area contributed by atoms with Crippen LogP contribution in [-0.2, 0) is 17.5 Å². The van der Waals surface area contributed by atoms with Crippen molar-refractivity contribution in [3.63, 3.8) is 0 Å². The van der Waals surface area contributed by atoms with Crippen molar-refractivity contribution in [2.75, 3.05) is 0 Å². The Balaban J connectivity index is 1.86. The summed E-state index contributed by atoms with van der Waals surface area (Å²) in [5, 5.41) is 5.14. The highest BCUT2D eigenvalue weighted by atomic mass is 79.9. The molecule has 0 saturated carbocycles. The molecule has 1 aromatic heterocycles. The van der Waals surface area contributed by atoms with E-state index in [9.17, 15) is 22.8 Å². The fourth-order valence-corrected chi connectivity index (χ4v) is 3.21. The molecule has 0 saturated heterocycles. The third-order valence-corrected chi connectivity index (χ3v) is 4.91. The zero-order chi connectivity index (χ0) is 18.6. The van der Waals surface area contributed by atoms with Gasteiger partial charge in [0.15, 0.2) is 0 Å². The van der Waals surface area contributed by atoms with E-state index in [-0.39, 0.29) is 12.5 Å². The molecule has 0 aliphatic carbocycles. The summed E-state index contributed by atoms with van der Waals surface area (Å²) in [6.07, 6.45) is -4.39. The standard InChI is InChI=1S/C16H14BrF3N2O2S/c1-9(22-15(24)12-6-7-13(17)25-12)14(23)21-8-10-2-4-11(5-3-10)16(18,19)20/h2-7,9H,8H2,1H3,(H,21,23)(H,22,24). The van der Waals surface area contributed by atoms with Crippen LogP contribution in [0.25, 0.3) is 0 Å². The van der Waals surface area contributed by atoms with Crippen LogP contribution in [0.15, 0.2) is 40.2 Å². The third kappa shape index (κ3) is 5.57. The number of halogens is 4. The molecule has 1 heterocycles. The number of carbonyl (C=O) groups is 2. The second kappa shape index (κ2) is 8.01. The smallest absolute Gasteiger partial charge is 0.350 e. The third-order valence-electron chi connectivity index (χ3n) is 3.29. The van der Waals surface area contributed by atoms with Gasteiger partial charge >= 0.3 is 6.18 Å². The molecule has 1 unspecified atom stereocenters. The first-order valence-corrected chi connectivity index (χ1v) is 8.78. The first-order chi connectivity index (χ1) is 11.7. The normalized spacial score (nSPS) is 12.5. The molecular weight excluding hydrogens is 421 g/mol. The molecule has 0 spiro atoms. The average molecular weight is 435 g/mol. The van der Waals surface area contributed by atoms with Gasteiger partial charge in [0, 0.05) is 6.54 Å². The van der Waals surface area contributed by atoms with Gasteiger partial charge in [-0.2, -0.15) is 13.2 Å². The van der Waals surface area contributed by atoms with E-state index >= 15 is 0 Å². The van der Waals surface area contributed by atoms with E-state index in [1.807, 2.05) is 0 Å². The van der Waals surface area contributed by atoms with Crippen LogP contribution in [0.5, 0.6) is 0 Å². The molecule has 2 rings (SSSR count). The fraction of sp³-hybridized carbons (Fsp3) is 0.250. The number of hydrogen-bond acceptors (Lipinski definition) is 3. The van der Waals surface area contributed by atoms with Crippen molar-refractivity contribution in [3.8, 4) is 0 Å². The number of thiophene rings is 1. The number of carbonyl (C=O) groups excluding carboxylic acids is 2. The molecule has 134 valence electrons. The lowest BCUT2D eigenvalue weighted by Crippen LogP contribution is -2.44. The summed E-state index contributed by atoms with van der Waals surface area (Å²) < 4.78 is 38.3. The highest BCUT2D eigenvalue weighted by Gasteiger charge is 2.29. The Labute approximate surface area is 154 Å². The summed E-state index contributed by atoms with van der Waals surface area (Å²) in [5.74, 6) is -0.795. The Morgan fingerprint density at radius 1 is 1.16 bits per heavy atom. The Morgan fingerprint density at radius 2 is 1.80 bits per heavy atom. The Hall–Kier alpha value is -1.87. The van der Waals surface area contributed by atoms with Crippen LogP contribution in [-0.4, -0.2) is 17.9 Å². The number of alkyl halides is 3. The van der Waals surface area contributed by atoms with Crippen molar-refractivity contribution in [2.24, 2.45) is 0 Å². The molecule has 25 heavy (non-hydrogen) atoms. The Bertz CT molecular complexity index is 759. The molecule has 0 fully saturated rings. The maximum atomic E-state index is 12.5. The number of rotatable bonds is 5. The zero-order valence-electron chi connectivity index (χ0n) is 13.0. The summed E-state index contributed by atoms with van der Waals surface area (Å²) >= 11 is 4.50. The SMILES string of the molecule is CC(NC(=O)c1ccc(Br)s1)C(=O)NCc1ccc(C(F)(F)F)cc1. The van der Waals surface area contributed by atoms with Gasteiger partial charge in [-0.05, 0) is 52.7 Å².